The van der Waals surface area contributed by atoms with Gasteiger partial charge in [0.25, 0.3) is 0 Å². The highest BCUT2D eigenvalue weighted by Crippen LogP contribution is 2.42. The Morgan fingerprint density at radius 3 is 1.64 bits per heavy atom. The second-order valence-corrected chi connectivity index (χ2v) is 8.85. The molecule has 0 aromatic heterocycles. The molecule has 0 bridgehead atoms. The van der Waals surface area contributed by atoms with Crippen molar-refractivity contribution in [1.29, 1.82) is 0 Å². The first-order chi connectivity index (χ1) is 18.7. The minimum absolute atomic E-state index is 0.0808. The van der Waals surface area contributed by atoms with Crippen LogP contribution in [0.25, 0.3) is 44.5 Å². The van der Waals surface area contributed by atoms with Crippen molar-refractivity contribution >= 4 is 0 Å². The van der Waals surface area contributed by atoms with Crippen molar-refractivity contribution in [2.45, 2.75) is 6.18 Å². The topological polar surface area (TPSA) is 9.23 Å². The Labute approximate surface area is 220 Å². The second kappa shape index (κ2) is 10.3. The van der Waals surface area contributed by atoms with E-state index in [1.807, 2.05) is 0 Å². The predicted molar refractivity (Wildman–Crippen MR) is 140 cm³/mol. The summed E-state index contributed by atoms with van der Waals surface area (Å²) in [7, 11) is 1.52. The van der Waals surface area contributed by atoms with Crippen molar-refractivity contribution in [2.75, 3.05) is 7.11 Å². The molecule has 1 nitrogen and oxygen atoms in total. The van der Waals surface area contributed by atoms with Crippen LogP contribution in [-0.2, 0) is 6.18 Å². The van der Waals surface area contributed by atoms with Gasteiger partial charge in [-0.05, 0) is 81.9 Å². The summed E-state index contributed by atoms with van der Waals surface area (Å²) in [5, 5.41) is 0. The number of ether oxygens (including phenoxy) is 1. The van der Waals surface area contributed by atoms with Crippen molar-refractivity contribution in [1.82, 2.24) is 0 Å². The van der Waals surface area contributed by atoms with Crippen LogP contribution in [-0.4, -0.2) is 7.11 Å². The summed E-state index contributed by atoms with van der Waals surface area (Å²) in [6.07, 6.45) is -4.52. The number of alkyl halides is 3. The Morgan fingerprint density at radius 1 is 0.513 bits per heavy atom. The number of benzene rings is 5. The average Bonchev–Trinajstić information content (AvgIpc) is 2.93. The Morgan fingerprint density at radius 2 is 1.03 bits per heavy atom. The van der Waals surface area contributed by atoms with Gasteiger partial charge in [-0.1, -0.05) is 54.6 Å². The molecule has 0 fully saturated rings. The van der Waals surface area contributed by atoms with Crippen LogP contribution in [0.4, 0.5) is 26.3 Å². The Hall–Kier alpha value is -4.52. The van der Waals surface area contributed by atoms with Gasteiger partial charge in [0.1, 0.15) is 23.2 Å². The van der Waals surface area contributed by atoms with Gasteiger partial charge in [0.15, 0.2) is 0 Å². The molecule has 0 saturated carbocycles. The first-order valence-corrected chi connectivity index (χ1v) is 11.9. The summed E-state index contributed by atoms with van der Waals surface area (Å²) in [5.41, 5.74) is 1.87. The summed E-state index contributed by atoms with van der Waals surface area (Å²) in [6.45, 7) is 0. The first kappa shape index (κ1) is 26.1. The van der Waals surface area contributed by atoms with Crippen molar-refractivity contribution in [3.8, 4) is 50.3 Å². The van der Waals surface area contributed by atoms with Gasteiger partial charge in [0.2, 0.25) is 0 Å². The van der Waals surface area contributed by atoms with E-state index in [9.17, 15) is 22.0 Å². The van der Waals surface area contributed by atoms with Crippen LogP contribution in [0.15, 0.2) is 103 Å². The maximum atomic E-state index is 16.5. The molecule has 0 heterocycles. The van der Waals surface area contributed by atoms with Crippen LogP contribution in [0.1, 0.15) is 5.56 Å². The fourth-order valence-electron chi connectivity index (χ4n) is 4.52. The number of hydrogen-bond acceptors (Lipinski definition) is 1. The molecule has 0 atom stereocenters. The Bertz CT molecular complexity index is 1620. The zero-order chi connectivity index (χ0) is 27.7. The average molecular weight is 534 g/mol. The number of methoxy groups -OCH3 is 1. The fraction of sp³-hybridized carbons (Fsp3) is 0.0625. The van der Waals surface area contributed by atoms with Crippen LogP contribution in [0, 0.1) is 17.5 Å². The van der Waals surface area contributed by atoms with Gasteiger partial charge >= 0.3 is 6.18 Å². The molecule has 39 heavy (non-hydrogen) atoms. The summed E-state index contributed by atoms with van der Waals surface area (Å²) in [5.74, 6) is -1.11. The van der Waals surface area contributed by atoms with Crippen LogP contribution in [0.3, 0.4) is 0 Å². The maximum Gasteiger partial charge on any atom is 0.416 e. The quantitative estimate of drug-likeness (QED) is 0.204. The first-order valence-electron chi connectivity index (χ1n) is 11.9. The summed E-state index contributed by atoms with van der Waals surface area (Å²) >= 11 is 0. The third-order valence-electron chi connectivity index (χ3n) is 6.47. The zero-order valence-electron chi connectivity index (χ0n) is 20.5. The Kier molecular flexibility index (Phi) is 6.91. The number of hydrogen-bond donors (Lipinski definition) is 0. The Balaban J connectivity index is 1.72. The van der Waals surface area contributed by atoms with E-state index in [2.05, 4.69) is 0 Å². The molecule has 5 rings (SSSR count). The van der Waals surface area contributed by atoms with Gasteiger partial charge in [0.05, 0.1) is 12.7 Å². The van der Waals surface area contributed by atoms with E-state index in [1.54, 1.807) is 30.3 Å². The molecular formula is C32H20F6O. The lowest BCUT2D eigenvalue weighted by Gasteiger charge is -2.18. The lowest BCUT2D eigenvalue weighted by atomic mass is 9.87. The molecule has 0 amide bonds. The highest BCUT2D eigenvalue weighted by Gasteiger charge is 2.30. The van der Waals surface area contributed by atoms with Gasteiger partial charge in [-0.25, -0.2) is 13.2 Å². The minimum Gasteiger partial charge on any atom is -0.497 e. The van der Waals surface area contributed by atoms with Crippen molar-refractivity contribution in [3.63, 3.8) is 0 Å². The molecule has 0 unspecified atom stereocenters. The predicted octanol–water partition coefficient (Wildman–Crippen LogP) is 9.80. The number of halogens is 6. The van der Waals surface area contributed by atoms with Crippen LogP contribution in [0.5, 0.6) is 5.75 Å². The van der Waals surface area contributed by atoms with E-state index in [-0.39, 0.29) is 11.1 Å². The van der Waals surface area contributed by atoms with Crippen molar-refractivity contribution < 1.29 is 31.1 Å². The maximum absolute atomic E-state index is 16.5. The van der Waals surface area contributed by atoms with E-state index in [0.29, 0.717) is 39.1 Å². The van der Waals surface area contributed by atoms with E-state index < -0.39 is 29.2 Å². The van der Waals surface area contributed by atoms with Crippen molar-refractivity contribution in [2.24, 2.45) is 0 Å². The van der Waals surface area contributed by atoms with Gasteiger partial charge in [-0.15, -0.1) is 0 Å². The molecule has 5 aromatic carbocycles. The third kappa shape index (κ3) is 5.25. The minimum atomic E-state index is -4.52. The lowest BCUT2D eigenvalue weighted by molar-refractivity contribution is -0.137. The largest absolute Gasteiger partial charge is 0.497 e. The van der Waals surface area contributed by atoms with E-state index in [0.717, 1.165) is 12.1 Å². The molecule has 0 spiro atoms. The zero-order valence-corrected chi connectivity index (χ0v) is 20.5. The molecule has 196 valence electrons. The molecule has 0 saturated heterocycles. The second-order valence-electron chi connectivity index (χ2n) is 8.85. The van der Waals surface area contributed by atoms with Gasteiger partial charge in [-0.2, -0.15) is 13.2 Å². The van der Waals surface area contributed by atoms with Gasteiger partial charge in [0, 0.05) is 11.1 Å². The molecule has 5 aromatic rings. The van der Waals surface area contributed by atoms with Gasteiger partial charge < -0.3 is 4.74 Å². The van der Waals surface area contributed by atoms with Crippen LogP contribution < -0.4 is 4.74 Å². The summed E-state index contributed by atoms with van der Waals surface area (Å²) < 4.78 is 89.1. The van der Waals surface area contributed by atoms with E-state index in [4.69, 9.17) is 4.74 Å². The SMILES string of the molecule is COc1ccc(-c2cc(F)ccc2-c2ccc(-c3ccc(C(F)(F)F)cc3)c(-c3ccc(F)cc3)c2F)cc1. The smallest absolute Gasteiger partial charge is 0.416 e. The monoisotopic (exact) mass is 534 g/mol. The van der Waals surface area contributed by atoms with Crippen molar-refractivity contribution in [3.05, 3.63) is 126 Å². The van der Waals surface area contributed by atoms with E-state index in [1.165, 1.54) is 67.8 Å². The van der Waals surface area contributed by atoms with Gasteiger partial charge in [-0.3, -0.25) is 0 Å². The highest BCUT2D eigenvalue weighted by atomic mass is 19.4. The summed E-state index contributed by atoms with van der Waals surface area (Å²) in [4.78, 5) is 0. The number of rotatable bonds is 5. The van der Waals surface area contributed by atoms with E-state index >= 15 is 4.39 Å². The molecule has 0 N–H and O–H groups in total. The molecule has 7 heteroatoms. The lowest BCUT2D eigenvalue weighted by Crippen LogP contribution is -2.04. The molecule has 0 aliphatic heterocycles. The normalized spacial score (nSPS) is 11.5. The van der Waals surface area contributed by atoms with Crippen LogP contribution >= 0.6 is 0 Å². The highest BCUT2D eigenvalue weighted by molar-refractivity contribution is 5.91. The third-order valence-corrected chi connectivity index (χ3v) is 6.47. The molecular weight excluding hydrogens is 514 g/mol. The fourth-order valence-corrected chi connectivity index (χ4v) is 4.52. The van der Waals surface area contributed by atoms with Crippen LogP contribution in [0.2, 0.25) is 0 Å². The summed E-state index contributed by atoms with van der Waals surface area (Å²) in [6, 6.07) is 23.5. The standard InChI is InChI=1S/C32H20F6O/c1-39-25-13-6-20(7-14-25)29-18-24(34)12-15-27(29)28-17-16-26(19-2-8-22(9-3-19)32(36,37)38)30(31(28)35)21-4-10-23(33)11-5-21/h2-18H,1H3. The molecule has 0 aliphatic carbocycles. The molecule has 0 aliphatic rings. The molecule has 0 radical (unpaired) electrons.